The molecule has 9 heteroatoms. The van der Waals surface area contributed by atoms with Gasteiger partial charge in [0.05, 0.1) is 5.02 Å². The van der Waals surface area contributed by atoms with Crippen molar-refractivity contribution in [2.75, 3.05) is 5.32 Å². The number of aromatic nitrogens is 2. The number of hydrogen-bond acceptors (Lipinski definition) is 6. The van der Waals surface area contributed by atoms with E-state index in [1.165, 1.54) is 18.3 Å². The van der Waals surface area contributed by atoms with Crippen LogP contribution in [0, 0.1) is 0 Å². The lowest BCUT2D eigenvalue weighted by Gasteiger charge is -2.05. The van der Waals surface area contributed by atoms with Gasteiger partial charge < -0.3 is 15.4 Å². The van der Waals surface area contributed by atoms with Crippen molar-refractivity contribution in [2.45, 2.75) is 13.5 Å². The van der Waals surface area contributed by atoms with Crippen LogP contribution in [0.3, 0.4) is 0 Å². The van der Waals surface area contributed by atoms with Gasteiger partial charge in [-0.2, -0.15) is 0 Å². The number of rotatable bonds is 4. The van der Waals surface area contributed by atoms with Crippen LogP contribution >= 0.6 is 35.2 Å². The molecule has 1 amide bonds. The zero-order chi connectivity index (χ0) is 15.2. The predicted molar refractivity (Wildman–Crippen MR) is 85.7 cm³/mol. The zero-order valence-corrected chi connectivity index (χ0v) is 13.3. The first-order chi connectivity index (χ1) is 10.0. The molecule has 1 aromatic carbocycles. The van der Waals surface area contributed by atoms with Crippen LogP contribution in [-0.2, 0) is 11.4 Å². The van der Waals surface area contributed by atoms with Gasteiger partial charge in [-0.15, -0.1) is 10.2 Å². The predicted octanol–water partition coefficient (Wildman–Crippen LogP) is 2.60. The Hall–Kier alpha value is -1.77. The molecule has 0 bridgehead atoms. The smallest absolute Gasteiger partial charge is 0.222 e. The monoisotopic (exact) mass is 342 g/mol. The molecule has 0 unspecified atom stereocenters. The standard InChI is InChI=1S/C12H11ClN4O2S2/c1-7(18)14-11(20)15-12-17-16-10(21-12)6-19-9-5-3-2-4-8(9)13/h2-5H,6H2,1H3,(H2,14,15,17,18,20). The van der Waals surface area contributed by atoms with Crippen LogP contribution in [0.15, 0.2) is 24.3 Å². The summed E-state index contributed by atoms with van der Waals surface area (Å²) in [7, 11) is 0. The SMILES string of the molecule is CC(=O)NC(=S)Nc1nnc(COc2ccccc2Cl)s1. The van der Waals surface area contributed by atoms with Crippen molar-refractivity contribution in [3.63, 3.8) is 0 Å². The highest BCUT2D eigenvalue weighted by Gasteiger charge is 2.08. The Labute approximate surface area is 135 Å². The van der Waals surface area contributed by atoms with E-state index in [1.807, 2.05) is 12.1 Å². The fourth-order valence-corrected chi connectivity index (χ4v) is 2.50. The Bertz CT molecular complexity index is 662. The highest BCUT2D eigenvalue weighted by Crippen LogP contribution is 2.25. The molecule has 2 aromatic rings. The summed E-state index contributed by atoms with van der Waals surface area (Å²) in [4.78, 5) is 10.8. The van der Waals surface area contributed by atoms with Crippen molar-refractivity contribution in [3.8, 4) is 5.75 Å². The second-order valence-corrected chi connectivity index (χ2v) is 5.73. The zero-order valence-electron chi connectivity index (χ0n) is 10.9. The minimum atomic E-state index is -0.251. The van der Waals surface area contributed by atoms with Gasteiger partial charge in [-0.1, -0.05) is 35.1 Å². The number of halogens is 1. The molecule has 0 fully saturated rings. The average Bonchev–Trinajstić information content (AvgIpc) is 2.84. The Balaban J connectivity index is 1.90. The number of hydrogen-bond donors (Lipinski definition) is 2. The number of thiocarbonyl (C=S) groups is 1. The Kier molecular flexibility index (Phi) is 5.43. The van der Waals surface area contributed by atoms with Crippen molar-refractivity contribution in [3.05, 3.63) is 34.3 Å². The van der Waals surface area contributed by atoms with Gasteiger partial charge in [0.25, 0.3) is 0 Å². The second-order valence-electron chi connectivity index (χ2n) is 3.86. The van der Waals surface area contributed by atoms with Gasteiger partial charge in [0.2, 0.25) is 11.0 Å². The maximum atomic E-state index is 10.8. The summed E-state index contributed by atoms with van der Waals surface area (Å²) in [5.74, 6) is 0.330. The van der Waals surface area contributed by atoms with E-state index in [-0.39, 0.29) is 17.6 Å². The molecule has 0 aliphatic rings. The molecule has 2 N–H and O–H groups in total. The molecule has 0 saturated carbocycles. The third-order valence-corrected chi connectivity index (χ3v) is 3.49. The largest absolute Gasteiger partial charge is 0.485 e. The topological polar surface area (TPSA) is 76.1 Å². The summed E-state index contributed by atoms with van der Waals surface area (Å²) in [6, 6.07) is 7.18. The van der Waals surface area contributed by atoms with Crippen LogP contribution in [0.25, 0.3) is 0 Å². The Morgan fingerprint density at radius 2 is 2.19 bits per heavy atom. The first-order valence-corrected chi connectivity index (χ1v) is 7.43. The first-order valence-electron chi connectivity index (χ1n) is 5.83. The molecule has 110 valence electrons. The van der Waals surface area contributed by atoms with Gasteiger partial charge >= 0.3 is 0 Å². The number of nitrogens with zero attached hydrogens (tertiary/aromatic N) is 2. The number of nitrogens with one attached hydrogen (secondary N) is 2. The van der Waals surface area contributed by atoms with Gasteiger partial charge in [-0.05, 0) is 24.4 Å². The normalized spacial score (nSPS) is 10.0. The lowest BCUT2D eigenvalue weighted by atomic mass is 10.3. The van der Waals surface area contributed by atoms with E-state index in [9.17, 15) is 4.79 Å². The van der Waals surface area contributed by atoms with Crippen LogP contribution in [0.4, 0.5) is 5.13 Å². The van der Waals surface area contributed by atoms with Crippen molar-refractivity contribution in [1.29, 1.82) is 0 Å². The molecule has 1 aromatic heterocycles. The number of carbonyl (C=O) groups is 1. The fourth-order valence-electron chi connectivity index (χ4n) is 1.35. The number of amides is 1. The minimum absolute atomic E-state index is 0.178. The molecular formula is C12H11ClN4O2S2. The number of carbonyl (C=O) groups excluding carboxylic acids is 1. The molecule has 21 heavy (non-hydrogen) atoms. The number of anilines is 1. The van der Waals surface area contributed by atoms with Gasteiger partial charge in [-0.3, -0.25) is 4.79 Å². The fraction of sp³-hybridized carbons (Fsp3) is 0.167. The van der Waals surface area contributed by atoms with E-state index in [0.717, 1.165) is 0 Å². The highest BCUT2D eigenvalue weighted by atomic mass is 35.5. The maximum absolute atomic E-state index is 10.8. The summed E-state index contributed by atoms with van der Waals surface area (Å²) < 4.78 is 5.55. The quantitative estimate of drug-likeness (QED) is 0.832. The van der Waals surface area contributed by atoms with Crippen LogP contribution < -0.4 is 15.4 Å². The summed E-state index contributed by atoms with van der Waals surface area (Å²) >= 11 is 12.2. The van der Waals surface area contributed by atoms with Crippen molar-refractivity contribution >= 4 is 51.3 Å². The minimum Gasteiger partial charge on any atom is -0.485 e. The van der Waals surface area contributed by atoms with Gasteiger partial charge in [0, 0.05) is 6.92 Å². The van der Waals surface area contributed by atoms with Gasteiger partial charge in [-0.25, -0.2) is 0 Å². The van der Waals surface area contributed by atoms with E-state index in [0.29, 0.717) is 20.9 Å². The summed E-state index contributed by atoms with van der Waals surface area (Å²) in [5.41, 5.74) is 0. The Morgan fingerprint density at radius 1 is 1.43 bits per heavy atom. The molecule has 0 aliphatic carbocycles. The molecule has 1 heterocycles. The van der Waals surface area contributed by atoms with E-state index >= 15 is 0 Å². The second kappa shape index (κ2) is 7.30. The molecule has 0 spiro atoms. The first kappa shape index (κ1) is 15.6. The van der Waals surface area contributed by atoms with Crippen molar-refractivity contribution in [2.24, 2.45) is 0 Å². The number of benzene rings is 1. The molecule has 0 radical (unpaired) electrons. The lowest BCUT2D eigenvalue weighted by Crippen LogP contribution is -2.32. The molecule has 6 nitrogen and oxygen atoms in total. The molecule has 0 aliphatic heterocycles. The summed E-state index contributed by atoms with van der Waals surface area (Å²) in [6.45, 7) is 1.62. The van der Waals surface area contributed by atoms with Crippen molar-refractivity contribution in [1.82, 2.24) is 15.5 Å². The molecule has 0 atom stereocenters. The summed E-state index contributed by atoms with van der Waals surface area (Å²) in [5, 5.41) is 14.9. The molecule has 0 saturated heterocycles. The van der Waals surface area contributed by atoms with Crippen LogP contribution in [0.1, 0.15) is 11.9 Å². The Morgan fingerprint density at radius 3 is 2.90 bits per heavy atom. The third-order valence-electron chi connectivity index (χ3n) is 2.16. The average molecular weight is 343 g/mol. The van der Waals surface area contributed by atoms with E-state index in [1.54, 1.807) is 12.1 Å². The van der Waals surface area contributed by atoms with E-state index in [4.69, 9.17) is 28.6 Å². The van der Waals surface area contributed by atoms with Crippen LogP contribution in [0.2, 0.25) is 5.02 Å². The summed E-state index contributed by atoms with van der Waals surface area (Å²) in [6.07, 6.45) is 0. The molecule has 2 rings (SSSR count). The maximum Gasteiger partial charge on any atom is 0.222 e. The van der Waals surface area contributed by atoms with Gasteiger partial charge in [0.15, 0.2) is 10.1 Å². The van der Waals surface area contributed by atoms with Gasteiger partial charge in [0.1, 0.15) is 12.4 Å². The van der Waals surface area contributed by atoms with Crippen LogP contribution in [0.5, 0.6) is 5.75 Å². The number of para-hydroxylation sites is 1. The lowest BCUT2D eigenvalue weighted by molar-refractivity contribution is -0.117. The van der Waals surface area contributed by atoms with E-state index < -0.39 is 0 Å². The third kappa shape index (κ3) is 4.92. The van der Waals surface area contributed by atoms with Crippen molar-refractivity contribution < 1.29 is 9.53 Å². The van der Waals surface area contributed by atoms with E-state index in [2.05, 4.69) is 20.8 Å². The molecular weight excluding hydrogens is 332 g/mol. The highest BCUT2D eigenvalue weighted by molar-refractivity contribution is 7.80. The number of ether oxygens (including phenoxy) is 1. The van der Waals surface area contributed by atoms with Crippen LogP contribution in [-0.4, -0.2) is 21.2 Å².